The molecule has 64 valence electrons. The van der Waals surface area contributed by atoms with E-state index in [0.29, 0.717) is 5.69 Å². The Labute approximate surface area is 77.0 Å². The number of thiocarbonyl (C=S) groups is 1. The average molecular weight is 181 g/mol. The van der Waals surface area contributed by atoms with E-state index >= 15 is 0 Å². The normalized spacial score (nSPS) is 12.4. The Morgan fingerprint density at radius 2 is 2.08 bits per heavy atom. The van der Waals surface area contributed by atoms with Gasteiger partial charge in [0.05, 0.1) is 5.92 Å². The lowest BCUT2D eigenvalue weighted by atomic mass is 10.0. The zero-order valence-corrected chi connectivity index (χ0v) is 7.64. The number of rotatable bonds is 2. The van der Waals surface area contributed by atoms with Crippen LogP contribution in [0.5, 0.6) is 0 Å². The fourth-order valence-corrected chi connectivity index (χ4v) is 1.17. The molecule has 1 aromatic carbocycles. The molecule has 0 radical (unpaired) electrons. The molecule has 0 saturated heterocycles. The number of nitrogens with two attached hydrogens (primary N) is 1. The Hall–Kier alpha value is -1.09. The Morgan fingerprint density at radius 1 is 1.50 bits per heavy atom. The van der Waals surface area contributed by atoms with Crippen molar-refractivity contribution >= 4 is 23.0 Å². The number of hydrogen-bond acceptors (Lipinski definition) is 2. The third kappa shape index (κ3) is 1.74. The Bertz CT molecular complexity index is 298. The summed E-state index contributed by atoms with van der Waals surface area (Å²) in [6.07, 6.45) is 0. The van der Waals surface area contributed by atoms with Crippen LogP contribution in [-0.2, 0) is 0 Å². The molecule has 0 amide bonds. The van der Waals surface area contributed by atoms with Crippen LogP contribution in [0.15, 0.2) is 24.3 Å². The van der Waals surface area contributed by atoms with Crippen LogP contribution in [0, 0.1) is 0 Å². The van der Waals surface area contributed by atoms with Crippen LogP contribution in [0.2, 0.25) is 0 Å². The summed E-state index contributed by atoms with van der Waals surface area (Å²) >= 11 is 4.66. The van der Waals surface area contributed by atoms with Crippen molar-refractivity contribution in [3.63, 3.8) is 0 Å². The fraction of sp³-hybridized carbons (Fsp3) is 0.222. The zero-order chi connectivity index (χ0) is 9.14. The summed E-state index contributed by atoms with van der Waals surface area (Å²) in [6, 6.07) is 7.39. The van der Waals surface area contributed by atoms with E-state index < -0.39 is 0 Å². The second-order valence-corrected chi connectivity index (χ2v) is 3.11. The number of para-hydroxylation sites is 1. The van der Waals surface area contributed by atoms with Crippen LogP contribution in [0.25, 0.3) is 0 Å². The Morgan fingerprint density at radius 3 is 2.58 bits per heavy atom. The van der Waals surface area contributed by atoms with E-state index in [9.17, 15) is 0 Å². The van der Waals surface area contributed by atoms with Gasteiger partial charge in [0.2, 0.25) is 0 Å². The molecular weight excluding hydrogens is 170 g/mol. The van der Waals surface area contributed by atoms with Crippen LogP contribution in [0.4, 0.5) is 5.69 Å². The average Bonchev–Trinajstić information content (AvgIpc) is 2.04. The number of aliphatic hydroxyl groups is 1. The van der Waals surface area contributed by atoms with Gasteiger partial charge in [-0.25, -0.2) is 0 Å². The third-order valence-electron chi connectivity index (χ3n) is 1.83. The Balaban J connectivity index is 3.02. The second-order valence-electron chi connectivity index (χ2n) is 2.69. The zero-order valence-electron chi connectivity index (χ0n) is 6.82. The van der Waals surface area contributed by atoms with Gasteiger partial charge in [-0.3, -0.25) is 0 Å². The second kappa shape index (κ2) is 3.54. The third-order valence-corrected chi connectivity index (χ3v) is 2.19. The highest BCUT2D eigenvalue weighted by Gasteiger charge is 2.11. The Kier molecular flexibility index (Phi) is 2.65. The summed E-state index contributed by atoms with van der Waals surface area (Å²) < 4.78 is 0. The topological polar surface area (TPSA) is 46.2 Å². The molecule has 0 aliphatic carbocycles. The summed E-state index contributed by atoms with van der Waals surface area (Å²) in [7, 11) is 0. The van der Waals surface area contributed by atoms with Gasteiger partial charge in [-0.15, -0.1) is 0 Å². The van der Waals surface area contributed by atoms with Crippen LogP contribution >= 0.6 is 12.2 Å². The molecule has 0 fully saturated rings. The molecule has 1 aromatic rings. The molecule has 2 nitrogen and oxygen atoms in total. The first-order chi connectivity index (χ1) is 5.63. The van der Waals surface area contributed by atoms with Crippen LogP contribution in [0.3, 0.4) is 0 Å². The van der Waals surface area contributed by atoms with Gasteiger partial charge in [0, 0.05) is 5.69 Å². The van der Waals surface area contributed by atoms with Crippen LogP contribution < -0.4 is 5.73 Å². The van der Waals surface area contributed by atoms with Gasteiger partial charge in [-0.05, 0) is 23.8 Å². The lowest BCUT2D eigenvalue weighted by Gasteiger charge is -2.10. The number of aliphatic hydroxyl groups excluding tert-OH is 1. The number of anilines is 1. The van der Waals surface area contributed by atoms with Crippen molar-refractivity contribution < 1.29 is 5.11 Å². The smallest absolute Gasteiger partial charge is 0.163 e. The molecule has 0 saturated carbocycles. The minimum Gasteiger partial charge on any atom is -0.502 e. The molecule has 1 atom stereocenters. The fourth-order valence-electron chi connectivity index (χ4n) is 1.04. The van der Waals surface area contributed by atoms with Crippen LogP contribution in [0.1, 0.15) is 18.4 Å². The van der Waals surface area contributed by atoms with E-state index in [2.05, 4.69) is 12.2 Å². The van der Waals surface area contributed by atoms with Gasteiger partial charge in [-0.1, -0.05) is 25.1 Å². The largest absolute Gasteiger partial charge is 0.502 e. The number of hydrogen-bond donors (Lipinski definition) is 2. The monoisotopic (exact) mass is 181 g/mol. The molecule has 0 bridgehead atoms. The SMILES string of the molecule is CC(C(O)=S)c1ccccc1N. The molecule has 12 heavy (non-hydrogen) atoms. The molecule has 3 N–H and O–H groups in total. The van der Waals surface area contributed by atoms with E-state index in [1.807, 2.05) is 25.1 Å². The summed E-state index contributed by atoms with van der Waals surface area (Å²) in [5, 5.41) is 9.05. The highest BCUT2D eigenvalue weighted by atomic mass is 32.1. The number of nitrogen functional groups attached to an aromatic ring is 1. The van der Waals surface area contributed by atoms with Crippen molar-refractivity contribution in [1.82, 2.24) is 0 Å². The van der Waals surface area contributed by atoms with Gasteiger partial charge >= 0.3 is 0 Å². The van der Waals surface area contributed by atoms with E-state index in [-0.39, 0.29) is 11.0 Å². The van der Waals surface area contributed by atoms with Crippen molar-refractivity contribution in [2.45, 2.75) is 12.8 Å². The van der Waals surface area contributed by atoms with Gasteiger partial charge < -0.3 is 10.8 Å². The molecule has 0 aromatic heterocycles. The molecule has 1 rings (SSSR count). The predicted octanol–water partition coefficient (Wildman–Crippen LogP) is 2.26. The molecule has 0 aliphatic rings. The van der Waals surface area contributed by atoms with Gasteiger partial charge in [0.15, 0.2) is 5.05 Å². The molecule has 0 heterocycles. The molecule has 0 aliphatic heterocycles. The van der Waals surface area contributed by atoms with Crippen LogP contribution in [-0.4, -0.2) is 10.2 Å². The van der Waals surface area contributed by atoms with E-state index in [1.54, 1.807) is 6.07 Å². The van der Waals surface area contributed by atoms with Gasteiger partial charge in [0.25, 0.3) is 0 Å². The molecule has 1 unspecified atom stereocenters. The summed E-state index contributed by atoms with van der Waals surface area (Å²) in [5.74, 6) is -0.166. The highest BCUT2D eigenvalue weighted by molar-refractivity contribution is 7.80. The lowest BCUT2D eigenvalue weighted by Crippen LogP contribution is -2.07. The first kappa shape index (κ1) is 9.00. The maximum absolute atomic E-state index is 9.07. The van der Waals surface area contributed by atoms with Crippen molar-refractivity contribution in [2.24, 2.45) is 0 Å². The van der Waals surface area contributed by atoms with Crippen molar-refractivity contribution in [3.05, 3.63) is 29.8 Å². The van der Waals surface area contributed by atoms with E-state index in [4.69, 9.17) is 10.8 Å². The van der Waals surface area contributed by atoms with Crippen molar-refractivity contribution in [1.29, 1.82) is 0 Å². The standard InChI is InChI=1S/C9H11NOS/c1-6(9(11)12)7-4-2-3-5-8(7)10/h2-6H,10H2,1H3,(H,11,12). The van der Waals surface area contributed by atoms with Gasteiger partial charge in [-0.2, -0.15) is 0 Å². The molecule has 0 spiro atoms. The maximum Gasteiger partial charge on any atom is 0.163 e. The lowest BCUT2D eigenvalue weighted by molar-refractivity contribution is 0.539. The predicted molar refractivity (Wildman–Crippen MR) is 54.5 cm³/mol. The van der Waals surface area contributed by atoms with Gasteiger partial charge in [0.1, 0.15) is 0 Å². The van der Waals surface area contributed by atoms with Crippen molar-refractivity contribution in [2.75, 3.05) is 5.73 Å². The maximum atomic E-state index is 9.07. The molecular formula is C9H11NOS. The number of benzene rings is 1. The van der Waals surface area contributed by atoms with E-state index in [1.165, 1.54) is 0 Å². The first-order valence-electron chi connectivity index (χ1n) is 3.70. The minimum atomic E-state index is -0.166. The summed E-state index contributed by atoms with van der Waals surface area (Å²) in [4.78, 5) is 0. The first-order valence-corrected chi connectivity index (χ1v) is 4.11. The highest BCUT2D eigenvalue weighted by Crippen LogP contribution is 2.21. The summed E-state index contributed by atoms with van der Waals surface area (Å²) in [5.41, 5.74) is 7.24. The minimum absolute atomic E-state index is 0.0205. The van der Waals surface area contributed by atoms with Crippen molar-refractivity contribution in [3.8, 4) is 0 Å². The quantitative estimate of drug-likeness (QED) is 0.543. The van der Waals surface area contributed by atoms with E-state index in [0.717, 1.165) is 5.56 Å². The molecule has 3 heteroatoms. The summed E-state index contributed by atoms with van der Waals surface area (Å²) in [6.45, 7) is 1.83.